The molecule has 0 aromatic rings. The van der Waals surface area contributed by atoms with Gasteiger partial charge in [-0.15, -0.1) is 0 Å². The van der Waals surface area contributed by atoms with Crippen LogP contribution in [0.1, 0.15) is 40.0 Å². The van der Waals surface area contributed by atoms with E-state index in [9.17, 15) is 4.79 Å². The molecule has 1 rings (SSSR count). The van der Waals surface area contributed by atoms with Crippen LogP contribution >= 0.6 is 0 Å². The zero-order valence-corrected chi connectivity index (χ0v) is 11.5. The molecule has 1 amide bonds. The van der Waals surface area contributed by atoms with Crippen LogP contribution in [0.3, 0.4) is 0 Å². The van der Waals surface area contributed by atoms with Crippen LogP contribution in [0, 0.1) is 5.92 Å². The summed E-state index contributed by atoms with van der Waals surface area (Å²) in [4.78, 5) is 14.1. The third-order valence-corrected chi connectivity index (χ3v) is 3.36. The van der Waals surface area contributed by atoms with Gasteiger partial charge >= 0.3 is 0 Å². The van der Waals surface area contributed by atoms with Crippen LogP contribution in [0.25, 0.3) is 0 Å². The molecule has 100 valence electrons. The minimum atomic E-state index is -0.407. The highest BCUT2D eigenvalue weighted by atomic mass is 16.1. The Morgan fingerprint density at radius 2 is 2.00 bits per heavy atom. The summed E-state index contributed by atoms with van der Waals surface area (Å²) in [6, 6.07) is 0. The normalized spacial score (nSPS) is 19.3. The number of amides is 1. The minimum Gasteiger partial charge on any atom is -0.356 e. The molecule has 1 heterocycles. The molecular formula is C13H27N3O. The van der Waals surface area contributed by atoms with E-state index in [4.69, 9.17) is 5.73 Å². The number of rotatable bonds is 5. The number of nitrogens with zero attached hydrogens (tertiary/aromatic N) is 1. The summed E-state index contributed by atoms with van der Waals surface area (Å²) >= 11 is 0. The predicted molar refractivity (Wildman–Crippen MR) is 70.7 cm³/mol. The van der Waals surface area contributed by atoms with Crippen LogP contribution < -0.4 is 11.1 Å². The van der Waals surface area contributed by atoms with Crippen molar-refractivity contribution in [3.8, 4) is 0 Å². The summed E-state index contributed by atoms with van der Waals surface area (Å²) in [6.45, 7) is 10.2. The molecule has 1 aliphatic heterocycles. The van der Waals surface area contributed by atoms with Crippen molar-refractivity contribution in [2.45, 2.75) is 45.6 Å². The van der Waals surface area contributed by atoms with Crippen LogP contribution in [0.2, 0.25) is 0 Å². The monoisotopic (exact) mass is 241 g/mol. The molecule has 1 fully saturated rings. The lowest BCUT2D eigenvalue weighted by molar-refractivity contribution is -0.122. The van der Waals surface area contributed by atoms with E-state index in [1.165, 1.54) is 25.9 Å². The van der Waals surface area contributed by atoms with Crippen molar-refractivity contribution < 1.29 is 4.79 Å². The van der Waals surface area contributed by atoms with Crippen molar-refractivity contribution in [2.75, 3.05) is 26.2 Å². The van der Waals surface area contributed by atoms with Gasteiger partial charge in [-0.1, -0.05) is 6.92 Å². The van der Waals surface area contributed by atoms with Gasteiger partial charge in [-0.2, -0.15) is 0 Å². The Balaban J connectivity index is 2.17. The average molecular weight is 241 g/mol. The lowest BCUT2D eigenvalue weighted by atomic mass is 9.96. The molecule has 0 atom stereocenters. The molecule has 0 aromatic carbocycles. The number of likely N-dealkylation sites (tertiary alicyclic amines) is 1. The Kier molecular flexibility index (Phi) is 5.40. The number of carbonyl (C=O) groups is 1. The fraction of sp³-hybridized carbons (Fsp3) is 0.923. The number of hydrogen-bond donors (Lipinski definition) is 2. The molecule has 0 radical (unpaired) electrons. The summed E-state index contributed by atoms with van der Waals surface area (Å²) in [5.41, 5.74) is 5.41. The van der Waals surface area contributed by atoms with E-state index in [-0.39, 0.29) is 5.91 Å². The SMILES string of the molecule is CCN1CCC(CNC(=O)CC(C)(C)N)CC1. The smallest absolute Gasteiger partial charge is 0.221 e. The fourth-order valence-electron chi connectivity index (χ4n) is 2.24. The molecule has 0 bridgehead atoms. The molecule has 1 aliphatic rings. The maximum Gasteiger partial charge on any atom is 0.221 e. The number of hydrogen-bond acceptors (Lipinski definition) is 3. The Bertz CT molecular complexity index is 240. The Morgan fingerprint density at radius 1 is 1.41 bits per heavy atom. The van der Waals surface area contributed by atoms with Crippen molar-refractivity contribution in [1.82, 2.24) is 10.2 Å². The van der Waals surface area contributed by atoms with Gasteiger partial charge in [0.15, 0.2) is 0 Å². The highest BCUT2D eigenvalue weighted by Gasteiger charge is 2.20. The second kappa shape index (κ2) is 6.36. The second-order valence-electron chi connectivity index (χ2n) is 5.85. The van der Waals surface area contributed by atoms with Crippen LogP contribution in [-0.4, -0.2) is 42.5 Å². The summed E-state index contributed by atoms with van der Waals surface area (Å²) in [7, 11) is 0. The first kappa shape index (κ1) is 14.5. The third kappa shape index (κ3) is 6.03. The molecule has 17 heavy (non-hydrogen) atoms. The molecule has 0 unspecified atom stereocenters. The first-order valence-corrected chi connectivity index (χ1v) is 6.68. The van der Waals surface area contributed by atoms with E-state index >= 15 is 0 Å². The van der Waals surface area contributed by atoms with Crippen molar-refractivity contribution in [2.24, 2.45) is 11.7 Å². The molecule has 0 spiro atoms. The number of piperidine rings is 1. The van der Waals surface area contributed by atoms with Crippen LogP contribution in [0.4, 0.5) is 0 Å². The topological polar surface area (TPSA) is 58.4 Å². The van der Waals surface area contributed by atoms with Crippen LogP contribution in [0.5, 0.6) is 0 Å². The van der Waals surface area contributed by atoms with Crippen LogP contribution in [-0.2, 0) is 4.79 Å². The number of nitrogens with two attached hydrogens (primary N) is 1. The summed E-state index contributed by atoms with van der Waals surface area (Å²) in [5, 5.41) is 3.00. The van der Waals surface area contributed by atoms with E-state index in [1.807, 2.05) is 13.8 Å². The average Bonchev–Trinajstić information content (AvgIpc) is 2.25. The number of nitrogens with one attached hydrogen (secondary N) is 1. The zero-order chi connectivity index (χ0) is 12.9. The lowest BCUT2D eigenvalue weighted by Gasteiger charge is -2.31. The molecule has 0 aliphatic carbocycles. The molecule has 4 nitrogen and oxygen atoms in total. The van der Waals surface area contributed by atoms with Gasteiger partial charge in [-0.05, 0) is 52.2 Å². The van der Waals surface area contributed by atoms with Gasteiger partial charge in [0.25, 0.3) is 0 Å². The van der Waals surface area contributed by atoms with Gasteiger partial charge in [0.2, 0.25) is 5.91 Å². The standard InChI is InChI=1S/C13H27N3O/c1-4-16-7-5-11(6-8-16)10-15-12(17)9-13(2,3)14/h11H,4-10,14H2,1-3H3,(H,15,17). The highest BCUT2D eigenvalue weighted by Crippen LogP contribution is 2.16. The van der Waals surface area contributed by atoms with Crippen molar-refractivity contribution in [1.29, 1.82) is 0 Å². The van der Waals surface area contributed by atoms with Gasteiger partial charge in [-0.25, -0.2) is 0 Å². The van der Waals surface area contributed by atoms with Gasteiger partial charge in [0.05, 0.1) is 0 Å². The lowest BCUT2D eigenvalue weighted by Crippen LogP contribution is -2.42. The minimum absolute atomic E-state index is 0.0791. The molecular weight excluding hydrogens is 214 g/mol. The van der Waals surface area contributed by atoms with Crippen LogP contribution in [0.15, 0.2) is 0 Å². The van der Waals surface area contributed by atoms with Gasteiger partial charge in [0, 0.05) is 18.5 Å². The van der Waals surface area contributed by atoms with Crippen molar-refractivity contribution >= 4 is 5.91 Å². The summed E-state index contributed by atoms with van der Waals surface area (Å²) in [6.07, 6.45) is 2.79. The Labute approximate surface area is 105 Å². The first-order valence-electron chi connectivity index (χ1n) is 6.68. The maximum atomic E-state index is 11.6. The van der Waals surface area contributed by atoms with E-state index in [0.29, 0.717) is 12.3 Å². The Morgan fingerprint density at radius 3 is 2.47 bits per heavy atom. The van der Waals surface area contributed by atoms with E-state index in [0.717, 1.165) is 13.1 Å². The van der Waals surface area contributed by atoms with E-state index < -0.39 is 5.54 Å². The van der Waals surface area contributed by atoms with Crippen molar-refractivity contribution in [3.63, 3.8) is 0 Å². The fourth-order valence-corrected chi connectivity index (χ4v) is 2.24. The zero-order valence-electron chi connectivity index (χ0n) is 11.5. The largest absolute Gasteiger partial charge is 0.356 e. The third-order valence-electron chi connectivity index (χ3n) is 3.36. The summed E-state index contributed by atoms with van der Waals surface area (Å²) in [5.74, 6) is 0.720. The maximum absolute atomic E-state index is 11.6. The van der Waals surface area contributed by atoms with E-state index in [2.05, 4.69) is 17.1 Å². The second-order valence-corrected chi connectivity index (χ2v) is 5.85. The Hall–Kier alpha value is -0.610. The molecule has 0 saturated carbocycles. The van der Waals surface area contributed by atoms with E-state index in [1.54, 1.807) is 0 Å². The van der Waals surface area contributed by atoms with Gasteiger partial charge in [-0.3, -0.25) is 4.79 Å². The highest BCUT2D eigenvalue weighted by molar-refractivity contribution is 5.77. The molecule has 0 aromatic heterocycles. The first-order chi connectivity index (χ1) is 7.90. The van der Waals surface area contributed by atoms with Gasteiger partial charge < -0.3 is 16.0 Å². The quantitative estimate of drug-likeness (QED) is 0.754. The van der Waals surface area contributed by atoms with Gasteiger partial charge in [0.1, 0.15) is 0 Å². The molecule has 4 heteroatoms. The number of carbonyl (C=O) groups excluding carboxylic acids is 1. The molecule has 3 N–H and O–H groups in total. The molecule has 1 saturated heterocycles. The predicted octanol–water partition coefficient (Wildman–Crippen LogP) is 0.962. The van der Waals surface area contributed by atoms with Crippen molar-refractivity contribution in [3.05, 3.63) is 0 Å². The summed E-state index contributed by atoms with van der Waals surface area (Å²) < 4.78 is 0.